The van der Waals surface area contributed by atoms with Gasteiger partial charge in [-0.25, -0.2) is 4.39 Å². The molecule has 2 N–H and O–H groups in total. The van der Waals surface area contributed by atoms with Crippen molar-refractivity contribution >= 4 is 5.91 Å². The number of hydrogen-bond acceptors (Lipinski definition) is 4. The number of ether oxygens (including phenoxy) is 1. The maximum atomic E-state index is 13.6. The zero-order valence-corrected chi connectivity index (χ0v) is 17.8. The third-order valence-electron chi connectivity index (χ3n) is 8.34. The molecule has 1 aliphatic heterocycles. The lowest BCUT2D eigenvalue weighted by Gasteiger charge is -2.59. The molecule has 0 saturated heterocycles. The average molecular weight is 417 g/mol. The van der Waals surface area contributed by atoms with E-state index in [1.165, 1.54) is 12.5 Å². The summed E-state index contributed by atoms with van der Waals surface area (Å²) in [4.78, 5) is 14.9. The number of benzene rings is 1. The van der Waals surface area contributed by atoms with Gasteiger partial charge in [0.15, 0.2) is 0 Å². The fraction of sp³-hybridized carbons (Fsp3) is 0.708. The molecule has 1 aromatic carbocycles. The number of halogens is 1. The highest BCUT2D eigenvalue weighted by molar-refractivity contribution is 5.79. The summed E-state index contributed by atoms with van der Waals surface area (Å²) < 4.78 is 19.0. The maximum absolute atomic E-state index is 13.6. The van der Waals surface area contributed by atoms with Gasteiger partial charge in [0.25, 0.3) is 0 Å². The Bertz CT molecular complexity index is 786. The smallest absolute Gasteiger partial charge is 0.237 e. The van der Waals surface area contributed by atoms with Crippen molar-refractivity contribution in [2.45, 2.75) is 50.2 Å². The second kappa shape index (κ2) is 7.88. The zero-order valence-electron chi connectivity index (χ0n) is 17.8. The normalized spacial score (nSPS) is 36.8. The van der Waals surface area contributed by atoms with Crippen LogP contribution < -0.4 is 5.32 Å². The molecule has 4 aliphatic carbocycles. The van der Waals surface area contributed by atoms with E-state index in [2.05, 4.69) is 5.32 Å². The van der Waals surface area contributed by atoms with Gasteiger partial charge in [-0.1, -0.05) is 6.07 Å². The third kappa shape index (κ3) is 3.47. The summed E-state index contributed by atoms with van der Waals surface area (Å²) in [5, 5.41) is 14.8. The second-order valence-corrected chi connectivity index (χ2v) is 10.1. The molecule has 4 saturated carbocycles. The van der Waals surface area contributed by atoms with Crippen LogP contribution in [-0.2, 0) is 16.0 Å². The Balaban J connectivity index is 1.23. The molecule has 1 unspecified atom stereocenters. The van der Waals surface area contributed by atoms with E-state index in [1.54, 1.807) is 19.2 Å². The summed E-state index contributed by atoms with van der Waals surface area (Å²) in [6.45, 7) is 1.66. The highest BCUT2D eigenvalue weighted by atomic mass is 19.1. The van der Waals surface area contributed by atoms with Crippen molar-refractivity contribution in [3.8, 4) is 0 Å². The lowest BCUT2D eigenvalue weighted by molar-refractivity contribution is -0.170. The Kier molecular flexibility index (Phi) is 5.36. The minimum absolute atomic E-state index is 0.0134. The van der Waals surface area contributed by atoms with Crippen LogP contribution in [0.1, 0.15) is 49.3 Å². The van der Waals surface area contributed by atoms with Crippen molar-refractivity contribution in [3.63, 3.8) is 0 Å². The average Bonchev–Trinajstić information content (AvgIpc) is 2.71. The van der Waals surface area contributed by atoms with Crippen LogP contribution in [0, 0.1) is 29.5 Å². The molecule has 1 amide bonds. The summed E-state index contributed by atoms with van der Waals surface area (Å²) in [7, 11) is 1.63. The molecule has 5 aliphatic rings. The summed E-state index contributed by atoms with van der Waals surface area (Å²) in [6, 6.07) is 4.60. The Hall–Kier alpha value is -1.50. The minimum atomic E-state index is -0.661. The van der Waals surface area contributed by atoms with Crippen LogP contribution in [0.2, 0.25) is 0 Å². The molecule has 4 bridgehead atoms. The fourth-order valence-electron chi connectivity index (χ4n) is 7.08. The van der Waals surface area contributed by atoms with Gasteiger partial charge in [-0.2, -0.15) is 0 Å². The van der Waals surface area contributed by atoms with Gasteiger partial charge in [0.05, 0.1) is 24.8 Å². The molecule has 1 heterocycles. The van der Waals surface area contributed by atoms with E-state index in [-0.39, 0.29) is 24.3 Å². The molecule has 6 heteroatoms. The van der Waals surface area contributed by atoms with Gasteiger partial charge in [0.2, 0.25) is 5.91 Å². The lowest BCUT2D eigenvalue weighted by Crippen LogP contribution is -2.62. The largest absolute Gasteiger partial charge is 0.388 e. The molecule has 5 nitrogen and oxygen atoms in total. The number of carbonyl (C=O) groups is 1. The Morgan fingerprint density at radius 1 is 1.23 bits per heavy atom. The quantitative estimate of drug-likeness (QED) is 0.749. The van der Waals surface area contributed by atoms with Gasteiger partial charge < -0.3 is 20.1 Å². The van der Waals surface area contributed by atoms with E-state index in [0.29, 0.717) is 38.0 Å². The first kappa shape index (κ1) is 20.4. The molecule has 4 fully saturated rings. The van der Waals surface area contributed by atoms with Crippen LogP contribution in [-0.4, -0.2) is 54.9 Å². The number of rotatable bonds is 6. The number of aliphatic hydroxyl groups is 1. The van der Waals surface area contributed by atoms with Crippen LogP contribution in [0.25, 0.3) is 0 Å². The predicted octanol–water partition coefficient (Wildman–Crippen LogP) is 2.67. The standard InChI is InChI=1S/C24H33FN2O3/c1-30-13-22-21-3-2-20(25)11-17(21)4-5-27(22)23(28)12-26-14-24(29)18-7-15-6-16(9-18)10-19(24)8-15/h2-3,11,15-16,18-19,22,26,29H,4-10,12-14H2,1H3. The zero-order chi connectivity index (χ0) is 20.9. The third-order valence-corrected chi connectivity index (χ3v) is 8.34. The summed E-state index contributed by atoms with van der Waals surface area (Å²) >= 11 is 0. The van der Waals surface area contributed by atoms with Crippen LogP contribution in [0.15, 0.2) is 18.2 Å². The molecular formula is C24H33FN2O3. The Labute approximate surface area is 178 Å². The van der Waals surface area contributed by atoms with Gasteiger partial charge >= 0.3 is 0 Å². The van der Waals surface area contributed by atoms with E-state index in [9.17, 15) is 14.3 Å². The molecule has 0 aromatic heterocycles. The number of fused-ring (bicyclic) bond motifs is 1. The summed E-state index contributed by atoms with van der Waals surface area (Å²) in [5.74, 6) is 2.16. The van der Waals surface area contributed by atoms with E-state index in [0.717, 1.165) is 48.6 Å². The second-order valence-electron chi connectivity index (χ2n) is 10.1. The molecule has 30 heavy (non-hydrogen) atoms. The first-order valence-electron chi connectivity index (χ1n) is 11.5. The van der Waals surface area contributed by atoms with Crippen molar-refractivity contribution < 1.29 is 19.0 Å². The SMILES string of the molecule is COCC1c2ccc(F)cc2CCN1C(=O)CNCC1(O)C2CC3CC(C2)CC1C3. The van der Waals surface area contributed by atoms with E-state index < -0.39 is 5.60 Å². The highest BCUT2D eigenvalue weighted by Crippen LogP contribution is 2.58. The monoisotopic (exact) mass is 416 g/mol. The molecule has 0 radical (unpaired) electrons. The van der Waals surface area contributed by atoms with E-state index in [4.69, 9.17) is 4.74 Å². The Morgan fingerprint density at radius 2 is 1.93 bits per heavy atom. The van der Waals surface area contributed by atoms with Gasteiger partial charge in [0.1, 0.15) is 5.82 Å². The molecule has 164 valence electrons. The molecule has 1 atom stereocenters. The number of carbonyl (C=O) groups excluding carboxylic acids is 1. The van der Waals surface area contributed by atoms with Gasteiger partial charge in [-0.05, 0) is 85.5 Å². The number of nitrogens with zero attached hydrogens (tertiary/aromatic N) is 1. The predicted molar refractivity (Wildman–Crippen MR) is 111 cm³/mol. The molecule has 0 spiro atoms. The van der Waals surface area contributed by atoms with Crippen molar-refractivity contribution in [2.24, 2.45) is 23.7 Å². The first-order chi connectivity index (χ1) is 14.5. The van der Waals surface area contributed by atoms with Crippen LogP contribution in [0.4, 0.5) is 4.39 Å². The number of amides is 1. The van der Waals surface area contributed by atoms with Gasteiger partial charge in [0, 0.05) is 20.2 Å². The maximum Gasteiger partial charge on any atom is 0.237 e. The first-order valence-corrected chi connectivity index (χ1v) is 11.5. The lowest BCUT2D eigenvalue weighted by atomic mass is 9.50. The number of nitrogens with one attached hydrogen (secondary N) is 1. The topological polar surface area (TPSA) is 61.8 Å². The van der Waals surface area contributed by atoms with E-state index in [1.807, 2.05) is 4.90 Å². The Morgan fingerprint density at radius 3 is 2.60 bits per heavy atom. The van der Waals surface area contributed by atoms with Crippen molar-refractivity contribution in [1.29, 1.82) is 0 Å². The van der Waals surface area contributed by atoms with Gasteiger partial charge in [-0.15, -0.1) is 0 Å². The van der Waals surface area contributed by atoms with Crippen molar-refractivity contribution in [2.75, 3.05) is 33.4 Å². The van der Waals surface area contributed by atoms with Crippen LogP contribution in [0.5, 0.6) is 0 Å². The highest BCUT2D eigenvalue weighted by Gasteiger charge is 2.56. The van der Waals surface area contributed by atoms with Crippen molar-refractivity contribution in [3.05, 3.63) is 35.1 Å². The minimum Gasteiger partial charge on any atom is -0.388 e. The summed E-state index contributed by atoms with van der Waals surface area (Å²) in [6.07, 6.45) is 6.60. The van der Waals surface area contributed by atoms with Crippen LogP contribution >= 0.6 is 0 Å². The fourth-order valence-corrected chi connectivity index (χ4v) is 7.08. The number of methoxy groups -OCH3 is 1. The molecule has 6 rings (SSSR count). The number of hydrogen-bond donors (Lipinski definition) is 2. The molecule has 1 aromatic rings. The van der Waals surface area contributed by atoms with E-state index >= 15 is 0 Å². The molecular weight excluding hydrogens is 383 g/mol. The van der Waals surface area contributed by atoms with Gasteiger partial charge in [-0.3, -0.25) is 4.79 Å². The van der Waals surface area contributed by atoms with Crippen LogP contribution in [0.3, 0.4) is 0 Å². The van der Waals surface area contributed by atoms with Crippen molar-refractivity contribution in [1.82, 2.24) is 10.2 Å². The summed E-state index contributed by atoms with van der Waals surface area (Å²) in [5.41, 5.74) is 1.26.